The number of carbonyl (C=O) groups is 2. The summed E-state index contributed by atoms with van der Waals surface area (Å²) in [4.78, 5) is 26.1. The van der Waals surface area contributed by atoms with E-state index in [2.05, 4.69) is 10.4 Å². The van der Waals surface area contributed by atoms with Crippen LogP contribution in [0.15, 0.2) is 42.5 Å². The van der Waals surface area contributed by atoms with Crippen molar-refractivity contribution in [3.63, 3.8) is 0 Å². The Morgan fingerprint density at radius 3 is 2.70 bits per heavy atom. The third kappa shape index (κ3) is 3.41. The lowest BCUT2D eigenvalue weighted by Crippen LogP contribution is -2.28. The number of benzene rings is 2. The number of anilines is 1. The Bertz CT molecular complexity index is 1160. The summed E-state index contributed by atoms with van der Waals surface area (Å²) in [6.07, 6.45) is 0.0221. The number of nitrogens with one attached hydrogen (secondary N) is 1. The molecule has 7 nitrogen and oxygen atoms in total. The third-order valence-electron chi connectivity index (χ3n) is 5.14. The van der Waals surface area contributed by atoms with Crippen molar-refractivity contribution in [1.82, 2.24) is 9.78 Å². The minimum Gasteiger partial charge on any atom is -0.497 e. The predicted octanol–water partition coefficient (Wildman–Crippen LogP) is 4.16. The van der Waals surface area contributed by atoms with Crippen molar-refractivity contribution in [3.05, 3.63) is 64.3 Å². The van der Waals surface area contributed by atoms with Gasteiger partial charge in [-0.15, -0.1) is 0 Å². The van der Waals surface area contributed by atoms with E-state index in [-0.39, 0.29) is 18.1 Å². The fraction of sp³-hybridized carbons (Fsp3) is 0.227. The number of carbonyl (C=O) groups excluding carboxylic acids is 2. The number of hydrogen-bond acceptors (Lipinski definition) is 5. The first-order valence-electron chi connectivity index (χ1n) is 9.34. The SMILES string of the molecule is COc1ccc(OC)c(C(=O)C2CC(=O)Nc3c2c(C)nn3-c2cccc(Cl)c2)c1. The lowest BCUT2D eigenvalue weighted by molar-refractivity contribution is -0.116. The maximum Gasteiger partial charge on any atom is 0.226 e. The van der Waals surface area contributed by atoms with Gasteiger partial charge in [0, 0.05) is 17.0 Å². The van der Waals surface area contributed by atoms with Gasteiger partial charge in [0.15, 0.2) is 5.78 Å². The maximum atomic E-state index is 13.5. The number of fused-ring (bicyclic) bond motifs is 1. The highest BCUT2D eigenvalue weighted by molar-refractivity contribution is 6.30. The fourth-order valence-corrected chi connectivity index (χ4v) is 3.94. The van der Waals surface area contributed by atoms with Crippen LogP contribution in [0.5, 0.6) is 11.5 Å². The highest BCUT2D eigenvalue weighted by Gasteiger charge is 2.37. The Labute approximate surface area is 178 Å². The molecule has 4 rings (SSSR count). The summed E-state index contributed by atoms with van der Waals surface area (Å²) in [5, 5.41) is 7.99. The van der Waals surface area contributed by atoms with Crippen molar-refractivity contribution in [2.45, 2.75) is 19.3 Å². The Morgan fingerprint density at radius 2 is 2.00 bits per heavy atom. The van der Waals surface area contributed by atoms with E-state index in [9.17, 15) is 9.59 Å². The van der Waals surface area contributed by atoms with Crippen LogP contribution in [0.25, 0.3) is 5.69 Å². The molecule has 0 bridgehead atoms. The van der Waals surface area contributed by atoms with Crippen molar-refractivity contribution in [2.24, 2.45) is 0 Å². The summed E-state index contributed by atoms with van der Waals surface area (Å²) >= 11 is 6.13. The summed E-state index contributed by atoms with van der Waals surface area (Å²) < 4.78 is 12.2. The summed E-state index contributed by atoms with van der Waals surface area (Å²) in [6, 6.07) is 12.2. The van der Waals surface area contributed by atoms with Crippen molar-refractivity contribution >= 4 is 29.1 Å². The van der Waals surface area contributed by atoms with Gasteiger partial charge < -0.3 is 14.8 Å². The lowest BCUT2D eigenvalue weighted by atomic mass is 9.85. The standard InChI is InChI=1S/C22H20ClN3O4/c1-12-20-17(21(28)16-10-15(29-2)7-8-18(16)30-3)11-19(27)24-22(20)26(25-12)14-6-4-5-13(23)9-14/h4-10,17H,11H2,1-3H3,(H,24,27). The van der Waals surface area contributed by atoms with E-state index in [0.717, 1.165) is 0 Å². The summed E-state index contributed by atoms with van der Waals surface area (Å²) in [7, 11) is 3.03. The first-order chi connectivity index (χ1) is 14.4. The van der Waals surface area contributed by atoms with Gasteiger partial charge in [0.05, 0.1) is 37.1 Å². The molecule has 1 amide bonds. The number of nitrogens with zero attached hydrogens (tertiary/aromatic N) is 2. The number of Topliss-reactive ketones (excluding diaryl/α,β-unsaturated/α-hetero) is 1. The van der Waals surface area contributed by atoms with Crippen molar-refractivity contribution in [1.29, 1.82) is 0 Å². The molecule has 1 aromatic heterocycles. The molecule has 0 radical (unpaired) electrons. The first kappa shape index (κ1) is 20.0. The lowest BCUT2D eigenvalue weighted by Gasteiger charge is -2.24. The highest BCUT2D eigenvalue weighted by Crippen LogP contribution is 2.40. The molecule has 30 heavy (non-hydrogen) atoms. The second-order valence-electron chi connectivity index (χ2n) is 6.97. The van der Waals surface area contributed by atoms with Gasteiger partial charge in [-0.05, 0) is 43.3 Å². The largest absolute Gasteiger partial charge is 0.497 e. The minimum atomic E-state index is -0.692. The second kappa shape index (κ2) is 7.84. The monoisotopic (exact) mass is 425 g/mol. The Balaban J connectivity index is 1.84. The van der Waals surface area contributed by atoms with Crippen LogP contribution in [0.3, 0.4) is 0 Å². The van der Waals surface area contributed by atoms with E-state index >= 15 is 0 Å². The smallest absolute Gasteiger partial charge is 0.226 e. The normalized spacial score (nSPS) is 15.3. The Kier molecular flexibility index (Phi) is 5.22. The van der Waals surface area contributed by atoms with Crippen molar-refractivity contribution in [2.75, 3.05) is 19.5 Å². The number of halogens is 1. The minimum absolute atomic E-state index is 0.0221. The molecular weight excluding hydrogens is 406 g/mol. The van der Waals surface area contributed by atoms with Crippen LogP contribution in [0.4, 0.5) is 5.82 Å². The molecule has 1 N–H and O–H groups in total. The second-order valence-corrected chi connectivity index (χ2v) is 7.41. The molecule has 0 saturated heterocycles. The number of ketones is 1. The van der Waals surface area contributed by atoms with E-state index in [1.165, 1.54) is 14.2 Å². The van der Waals surface area contributed by atoms with Crippen LogP contribution in [-0.2, 0) is 4.79 Å². The number of aryl methyl sites for hydroxylation is 1. The van der Waals surface area contributed by atoms with E-state index in [4.69, 9.17) is 21.1 Å². The van der Waals surface area contributed by atoms with E-state index in [0.29, 0.717) is 44.8 Å². The zero-order valence-electron chi connectivity index (χ0n) is 16.7. The van der Waals surface area contributed by atoms with Crippen LogP contribution < -0.4 is 14.8 Å². The van der Waals surface area contributed by atoms with E-state index in [1.54, 1.807) is 41.1 Å². The van der Waals surface area contributed by atoms with Crippen molar-refractivity contribution in [3.8, 4) is 17.2 Å². The van der Waals surface area contributed by atoms with E-state index in [1.807, 2.05) is 13.0 Å². The number of aromatic nitrogens is 2. The molecule has 3 aromatic rings. The zero-order valence-corrected chi connectivity index (χ0v) is 17.5. The first-order valence-corrected chi connectivity index (χ1v) is 9.72. The van der Waals surface area contributed by atoms with Crippen LogP contribution in [-0.4, -0.2) is 35.7 Å². The summed E-state index contributed by atoms with van der Waals surface area (Å²) in [5.41, 5.74) is 2.39. The highest BCUT2D eigenvalue weighted by atomic mass is 35.5. The summed E-state index contributed by atoms with van der Waals surface area (Å²) in [5.74, 6) is 0.259. The number of rotatable bonds is 5. The van der Waals surface area contributed by atoms with Gasteiger partial charge >= 0.3 is 0 Å². The average Bonchev–Trinajstić information content (AvgIpc) is 3.08. The summed E-state index contributed by atoms with van der Waals surface area (Å²) in [6.45, 7) is 1.82. The predicted molar refractivity (Wildman–Crippen MR) is 113 cm³/mol. The van der Waals surface area contributed by atoms with Gasteiger partial charge in [-0.3, -0.25) is 9.59 Å². The van der Waals surface area contributed by atoms with Gasteiger partial charge in [0.2, 0.25) is 5.91 Å². The molecule has 0 spiro atoms. The molecule has 0 aliphatic carbocycles. The average molecular weight is 426 g/mol. The van der Waals surface area contributed by atoms with Gasteiger partial charge in [-0.2, -0.15) is 5.10 Å². The zero-order chi connectivity index (χ0) is 21.4. The van der Waals surface area contributed by atoms with Crippen LogP contribution in [0.2, 0.25) is 5.02 Å². The molecule has 2 aromatic carbocycles. The number of ether oxygens (including phenoxy) is 2. The molecule has 1 aliphatic rings. The molecule has 2 heterocycles. The molecule has 1 aliphatic heterocycles. The van der Waals surface area contributed by atoms with Gasteiger partial charge in [-0.1, -0.05) is 17.7 Å². The Morgan fingerprint density at radius 1 is 1.20 bits per heavy atom. The quantitative estimate of drug-likeness (QED) is 0.620. The third-order valence-corrected chi connectivity index (χ3v) is 5.38. The Hall–Kier alpha value is -3.32. The van der Waals surface area contributed by atoms with Gasteiger partial charge in [-0.25, -0.2) is 4.68 Å². The number of hydrogen-bond donors (Lipinski definition) is 1. The van der Waals surface area contributed by atoms with Crippen LogP contribution in [0, 0.1) is 6.92 Å². The fourth-order valence-electron chi connectivity index (χ4n) is 3.76. The number of amides is 1. The molecule has 1 atom stereocenters. The molecule has 8 heteroatoms. The van der Waals surface area contributed by atoms with Gasteiger partial charge in [0.25, 0.3) is 0 Å². The van der Waals surface area contributed by atoms with E-state index < -0.39 is 5.92 Å². The number of methoxy groups -OCH3 is 2. The maximum absolute atomic E-state index is 13.5. The van der Waals surface area contributed by atoms with Crippen molar-refractivity contribution < 1.29 is 19.1 Å². The van der Waals surface area contributed by atoms with Crippen LogP contribution >= 0.6 is 11.6 Å². The molecule has 0 fully saturated rings. The topological polar surface area (TPSA) is 82.4 Å². The molecule has 154 valence electrons. The molecular formula is C22H20ClN3O4. The van der Waals surface area contributed by atoms with Crippen LogP contribution in [0.1, 0.15) is 34.0 Å². The molecule has 0 saturated carbocycles. The van der Waals surface area contributed by atoms with Gasteiger partial charge in [0.1, 0.15) is 17.3 Å². The molecule has 1 unspecified atom stereocenters.